The van der Waals surface area contributed by atoms with E-state index in [0.717, 1.165) is 38.5 Å². The maximum Gasteiger partial charge on any atom is 0.414 e. The molecule has 0 atom stereocenters. The number of ether oxygens (including phenoxy) is 1. The molecule has 0 aliphatic carbocycles. The van der Waals surface area contributed by atoms with E-state index in [0.29, 0.717) is 11.3 Å². The number of hydrogen-bond donors (Lipinski definition) is 2. The van der Waals surface area contributed by atoms with E-state index in [1.165, 1.54) is 0 Å². The lowest BCUT2D eigenvalue weighted by molar-refractivity contribution is -0.159. The van der Waals surface area contributed by atoms with E-state index in [1.54, 1.807) is 19.4 Å². The zero-order chi connectivity index (χ0) is 20.5. The number of nitrogens with zero attached hydrogens (tertiary/aromatic N) is 2. The monoisotopic (exact) mass is 390 g/mol. The Kier molecular flexibility index (Phi) is 7.58. The Labute approximate surface area is 161 Å². The largest absolute Gasteiger partial charge is 0.497 e. The van der Waals surface area contributed by atoms with Crippen LogP contribution in [0.3, 0.4) is 0 Å². The Hall–Kier alpha value is -3.33. The molecule has 2 aromatic rings. The zero-order valence-corrected chi connectivity index (χ0v) is 15.4. The smallest absolute Gasteiger partial charge is 0.414 e. The fourth-order valence-corrected chi connectivity index (χ4v) is 2.67. The van der Waals surface area contributed by atoms with Gasteiger partial charge in [-0.1, -0.05) is 6.07 Å². The summed E-state index contributed by atoms with van der Waals surface area (Å²) in [5, 5.41) is 14.8. The van der Waals surface area contributed by atoms with Gasteiger partial charge in [0.25, 0.3) is 5.91 Å². The number of piperazine rings is 1. The van der Waals surface area contributed by atoms with Crippen LogP contribution in [0, 0.1) is 0 Å². The van der Waals surface area contributed by atoms with Crippen molar-refractivity contribution in [1.82, 2.24) is 9.80 Å². The van der Waals surface area contributed by atoms with E-state index in [1.807, 2.05) is 35.2 Å². The molecule has 1 amide bonds. The van der Waals surface area contributed by atoms with Gasteiger partial charge in [0.05, 0.1) is 19.9 Å². The summed E-state index contributed by atoms with van der Waals surface area (Å²) < 4.78 is 10.5. The summed E-state index contributed by atoms with van der Waals surface area (Å²) in [6, 6.07) is 11.2. The molecule has 0 saturated carbocycles. The molecule has 2 heterocycles. The number of carboxylic acids is 2. The summed E-state index contributed by atoms with van der Waals surface area (Å²) in [6.45, 7) is 3.98. The standard InChI is InChI=1S/C17H20N2O3.C2H2O4/c1-21-15-5-2-4-14(12-15)17(20)19-9-7-18(8-10-19)13-16-6-3-11-22-16;3-1(4)2(5)6/h2-6,11-12H,7-10,13H2,1H3;(H,3,4)(H,5,6). The summed E-state index contributed by atoms with van der Waals surface area (Å²) in [5.41, 5.74) is 0.679. The Morgan fingerprint density at radius 2 is 1.71 bits per heavy atom. The fourth-order valence-electron chi connectivity index (χ4n) is 2.67. The van der Waals surface area contributed by atoms with Gasteiger partial charge >= 0.3 is 11.9 Å². The van der Waals surface area contributed by atoms with Gasteiger partial charge in [0.15, 0.2) is 0 Å². The molecule has 0 spiro atoms. The van der Waals surface area contributed by atoms with Crippen LogP contribution in [0.25, 0.3) is 0 Å². The van der Waals surface area contributed by atoms with Crippen molar-refractivity contribution in [3.8, 4) is 5.75 Å². The summed E-state index contributed by atoms with van der Waals surface area (Å²) in [4.78, 5) is 34.9. The van der Waals surface area contributed by atoms with Crippen molar-refractivity contribution in [3.63, 3.8) is 0 Å². The molecule has 0 unspecified atom stereocenters. The molecular formula is C19H22N2O7. The molecular weight excluding hydrogens is 368 g/mol. The predicted octanol–water partition coefficient (Wildman–Crippen LogP) is 1.40. The van der Waals surface area contributed by atoms with Gasteiger partial charge in [0.1, 0.15) is 11.5 Å². The van der Waals surface area contributed by atoms with E-state index in [-0.39, 0.29) is 5.91 Å². The first-order chi connectivity index (χ1) is 13.4. The molecule has 1 aliphatic heterocycles. The first kappa shape index (κ1) is 21.0. The van der Waals surface area contributed by atoms with Crippen LogP contribution in [0.15, 0.2) is 47.1 Å². The van der Waals surface area contributed by atoms with Gasteiger partial charge in [-0.2, -0.15) is 0 Å². The highest BCUT2D eigenvalue weighted by Gasteiger charge is 2.22. The predicted molar refractivity (Wildman–Crippen MR) is 98.2 cm³/mol. The van der Waals surface area contributed by atoms with E-state index >= 15 is 0 Å². The number of furan rings is 1. The number of carboxylic acid groups (broad SMARTS) is 2. The van der Waals surface area contributed by atoms with E-state index in [2.05, 4.69) is 4.90 Å². The number of carbonyl (C=O) groups is 3. The molecule has 1 fully saturated rings. The van der Waals surface area contributed by atoms with Crippen LogP contribution in [0.4, 0.5) is 0 Å². The normalized spacial score (nSPS) is 14.0. The molecule has 1 saturated heterocycles. The molecule has 9 heteroatoms. The molecule has 1 aromatic heterocycles. The van der Waals surface area contributed by atoms with Crippen LogP contribution < -0.4 is 4.74 Å². The minimum Gasteiger partial charge on any atom is -0.497 e. The summed E-state index contributed by atoms with van der Waals surface area (Å²) >= 11 is 0. The second-order valence-corrected chi connectivity index (χ2v) is 5.99. The second-order valence-electron chi connectivity index (χ2n) is 5.99. The van der Waals surface area contributed by atoms with Gasteiger partial charge in [0, 0.05) is 31.7 Å². The lowest BCUT2D eigenvalue weighted by atomic mass is 10.1. The van der Waals surface area contributed by atoms with Gasteiger partial charge in [-0.15, -0.1) is 0 Å². The van der Waals surface area contributed by atoms with Gasteiger partial charge in [0.2, 0.25) is 0 Å². The lowest BCUT2D eigenvalue weighted by Crippen LogP contribution is -2.48. The number of methoxy groups -OCH3 is 1. The van der Waals surface area contributed by atoms with Gasteiger partial charge in [-0.3, -0.25) is 9.69 Å². The number of hydrogen-bond acceptors (Lipinski definition) is 6. The Bertz CT molecular complexity index is 784. The number of aliphatic carboxylic acids is 2. The summed E-state index contributed by atoms with van der Waals surface area (Å²) in [6.07, 6.45) is 1.69. The SMILES string of the molecule is COc1cccc(C(=O)N2CCN(Cc3ccco3)CC2)c1.O=C(O)C(=O)O. The average molecular weight is 390 g/mol. The maximum atomic E-state index is 12.5. The molecule has 9 nitrogen and oxygen atoms in total. The zero-order valence-electron chi connectivity index (χ0n) is 15.4. The average Bonchev–Trinajstić information content (AvgIpc) is 3.21. The first-order valence-corrected chi connectivity index (χ1v) is 8.55. The van der Waals surface area contributed by atoms with Crippen LogP contribution in [-0.2, 0) is 16.1 Å². The van der Waals surface area contributed by atoms with E-state index in [4.69, 9.17) is 29.0 Å². The number of benzene rings is 1. The van der Waals surface area contributed by atoms with E-state index < -0.39 is 11.9 Å². The third kappa shape index (κ3) is 6.13. The fraction of sp³-hybridized carbons (Fsp3) is 0.316. The van der Waals surface area contributed by atoms with Crippen molar-refractivity contribution >= 4 is 17.8 Å². The third-order valence-electron chi connectivity index (χ3n) is 4.12. The molecule has 1 aliphatic rings. The highest BCUT2D eigenvalue weighted by molar-refractivity contribution is 6.27. The minimum absolute atomic E-state index is 0.0662. The van der Waals surface area contributed by atoms with Crippen LogP contribution in [0.2, 0.25) is 0 Å². The highest BCUT2D eigenvalue weighted by atomic mass is 16.5. The van der Waals surface area contributed by atoms with Crippen molar-refractivity contribution in [2.24, 2.45) is 0 Å². The number of amides is 1. The second kappa shape index (κ2) is 10.1. The molecule has 1 aromatic carbocycles. The first-order valence-electron chi connectivity index (χ1n) is 8.55. The Morgan fingerprint density at radius 1 is 1.04 bits per heavy atom. The number of carbonyl (C=O) groups excluding carboxylic acids is 1. The molecule has 28 heavy (non-hydrogen) atoms. The Morgan fingerprint density at radius 3 is 2.25 bits per heavy atom. The minimum atomic E-state index is -1.82. The molecule has 150 valence electrons. The van der Waals surface area contributed by atoms with Crippen molar-refractivity contribution in [3.05, 3.63) is 54.0 Å². The van der Waals surface area contributed by atoms with Crippen molar-refractivity contribution in [2.45, 2.75) is 6.54 Å². The maximum absolute atomic E-state index is 12.5. The molecule has 0 bridgehead atoms. The van der Waals surface area contributed by atoms with Crippen molar-refractivity contribution in [2.75, 3.05) is 33.3 Å². The van der Waals surface area contributed by atoms with Gasteiger partial charge in [-0.05, 0) is 30.3 Å². The number of rotatable bonds is 4. The van der Waals surface area contributed by atoms with Crippen LogP contribution in [-0.4, -0.2) is 71.1 Å². The van der Waals surface area contributed by atoms with Gasteiger partial charge < -0.3 is 24.3 Å². The molecule has 3 rings (SSSR count). The summed E-state index contributed by atoms with van der Waals surface area (Å²) in [7, 11) is 1.61. The molecule has 2 N–H and O–H groups in total. The van der Waals surface area contributed by atoms with Gasteiger partial charge in [-0.25, -0.2) is 9.59 Å². The van der Waals surface area contributed by atoms with Crippen LogP contribution >= 0.6 is 0 Å². The van der Waals surface area contributed by atoms with Crippen molar-refractivity contribution in [1.29, 1.82) is 0 Å². The van der Waals surface area contributed by atoms with Crippen molar-refractivity contribution < 1.29 is 33.8 Å². The van der Waals surface area contributed by atoms with Crippen LogP contribution in [0.1, 0.15) is 16.1 Å². The van der Waals surface area contributed by atoms with E-state index in [9.17, 15) is 4.79 Å². The molecule has 0 radical (unpaired) electrons. The topological polar surface area (TPSA) is 121 Å². The highest BCUT2D eigenvalue weighted by Crippen LogP contribution is 2.16. The Balaban J connectivity index is 0.000000409. The quantitative estimate of drug-likeness (QED) is 0.752. The van der Waals surface area contributed by atoms with Crippen LogP contribution in [0.5, 0.6) is 5.75 Å². The summed E-state index contributed by atoms with van der Waals surface area (Å²) in [5.74, 6) is -1.91. The third-order valence-corrected chi connectivity index (χ3v) is 4.12. The lowest BCUT2D eigenvalue weighted by Gasteiger charge is -2.34.